The maximum Gasteiger partial charge on any atom is 0.127 e. The Labute approximate surface area is 195 Å². The van der Waals surface area contributed by atoms with Crippen LogP contribution in [0.1, 0.15) is 0 Å². The van der Waals surface area contributed by atoms with Crippen LogP contribution in [-0.4, -0.2) is 14.2 Å². The summed E-state index contributed by atoms with van der Waals surface area (Å²) in [5.74, 6) is 1.75. The summed E-state index contributed by atoms with van der Waals surface area (Å²) in [6, 6.07) is 31.7. The monoisotopic (exact) mass is 516 g/mol. The van der Waals surface area contributed by atoms with Crippen molar-refractivity contribution >= 4 is 44.1 Å². The average molecular weight is 516 g/mol. The first-order valence-electron chi connectivity index (χ1n) is 10.1. The Bertz CT molecular complexity index is 1320. The van der Waals surface area contributed by atoms with Crippen molar-refractivity contribution in [1.29, 1.82) is 0 Å². The van der Waals surface area contributed by atoms with Crippen LogP contribution in [0.4, 0.5) is 0 Å². The molecule has 2 nitrogen and oxygen atoms in total. The van der Waals surface area contributed by atoms with Gasteiger partial charge in [-0.05, 0) is 67.4 Å². The van der Waals surface area contributed by atoms with Crippen LogP contribution >= 0.6 is 22.6 Å². The van der Waals surface area contributed by atoms with Gasteiger partial charge in [-0.3, -0.25) is 0 Å². The fourth-order valence-corrected chi connectivity index (χ4v) is 5.22. The van der Waals surface area contributed by atoms with Crippen LogP contribution < -0.4 is 9.47 Å². The van der Waals surface area contributed by atoms with E-state index in [9.17, 15) is 0 Å². The molecule has 0 aliphatic heterocycles. The largest absolute Gasteiger partial charge is 0.496 e. The van der Waals surface area contributed by atoms with E-state index in [1.807, 2.05) is 0 Å². The van der Waals surface area contributed by atoms with Crippen LogP contribution in [0.25, 0.3) is 43.8 Å². The van der Waals surface area contributed by atoms with Crippen LogP contribution in [0.15, 0.2) is 91.0 Å². The molecular weight excluding hydrogens is 495 g/mol. The highest BCUT2D eigenvalue weighted by Gasteiger charge is 2.19. The van der Waals surface area contributed by atoms with E-state index >= 15 is 0 Å². The molecule has 5 aromatic carbocycles. The van der Waals surface area contributed by atoms with E-state index in [2.05, 4.69) is 114 Å². The zero-order chi connectivity index (χ0) is 21.4. The summed E-state index contributed by atoms with van der Waals surface area (Å²) in [5, 5.41) is 4.76. The lowest BCUT2D eigenvalue weighted by Crippen LogP contribution is -1.96. The minimum atomic E-state index is 0.874. The van der Waals surface area contributed by atoms with Crippen molar-refractivity contribution < 1.29 is 9.47 Å². The van der Waals surface area contributed by atoms with E-state index in [1.165, 1.54) is 25.1 Å². The molecule has 152 valence electrons. The van der Waals surface area contributed by atoms with Gasteiger partial charge in [-0.25, -0.2) is 0 Å². The van der Waals surface area contributed by atoms with Crippen LogP contribution in [0.2, 0.25) is 0 Å². The summed E-state index contributed by atoms with van der Waals surface area (Å²) >= 11 is 2.47. The van der Waals surface area contributed by atoms with Crippen molar-refractivity contribution in [3.8, 4) is 33.8 Å². The number of halogens is 1. The number of hydrogen-bond donors (Lipinski definition) is 0. The maximum absolute atomic E-state index is 5.80. The van der Waals surface area contributed by atoms with Gasteiger partial charge in [-0.15, -0.1) is 0 Å². The standard InChI is InChI=1S/C28H21IO2/c1-30-24-16-14-18-8-3-5-10-20(18)26(24)22-12-7-13-23(28(22)29)27-21-11-6-4-9-19(21)15-17-25(27)31-2/h3-17H,1-2H3. The SMILES string of the molecule is COc1ccc2ccccc2c1-c1cccc(-c2c(OC)ccc3ccccc23)c1I. The molecule has 5 aromatic rings. The second kappa shape index (κ2) is 8.23. The second-order valence-electron chi connectivity index (χ2n) is 7.40. The quantitative estimate of drug-likeness (QED) is 0.226. The summed E-state index contributed by atoms with van der Waals surface area (Å²) < 4.78 is 12.8. The summed E-state index contributed by atoms with van der Waals surface area (Å²) in [5.41, 5.74) is 4.54. The van der Waals surface area contributed by atoms with Gasteiger partial charge in [0.2, 0.25) is 0 Å². The molecule has 0 amide bonds. The molecule has 3 heteroatoms. The Morgan fingerprint density at radius 2 is 0.968 bits per heavy atom. The topological polar surface area (TPSA) is 18.5 Å². The van der Waals surface area contributed by atoms with Gasteiger partial charge >= 0.3 is 0 Å². The third kappa shape index (κ3) is 3.33. The van der Waals surface area contributed by atoms with Crippen LogP contribution in [-0.2, 0) is 0 Å². The predicted octanol–water partition coefficient (Wildman–Crippen LogP) is 7.95. The first kappa shape index (κ1) is 19.9. The Balaban J connectivity index is 1.84. The first-order valence-corrected chi connectivity index (χ1v) is 11.2. The van der Waals surface area contributed by atoms with Gasteiger partial charge < -0.3 is 9.47 Å². The molecule has 0 spiro atoms. The summed E-state index contributed by atoms with van der Waals surface area (Å²) in [4.78, 5) is 0. The minimum absolute atomic E-state index is 0.874. The van der Waals surface area contributed by atoms with Crippen molar-refractivity contribution in [3.63, 3.8) is 0 Å². The van der Waals surface area contributed by atoms with Gasteiger partial charge in [-0.2, -0.15) is 0 Å². The number of fused-ring (bicyclic) bond motifs is 2. The Kier molecular flexibility index (Phi) is 5.28. The molecule has 5 rings (SSSR count). The Morgan fingerprint density at radius 1 is 0.516 bits per heavy atom. The fraction of sp³-hybridized carbons (Fsp3) is 0.0714. The second-order valence-corrected chi connectivity index (χ2v) is 8.47. The van der Waals surface area contributed by atoms with Crippen LogP contribution in [0.5, 0.6) is 11.5 Å². The van der Waals surface area contributed by atoms with Crippen molar-refractivity contribution in [2.45, 2.75) is 0 Å². The lowest BCUT2D eigenvalue weighted by Gasteiger charge is -2.18. The highest BCUT2D eigenvalue weighted by atomic mass is 127. The van der Waals surface area contributed by atoms with Crippen molar-refractivity contribution in [2.24, 2.45) is 0 Å². The highest BCUT2D eigenvalue weighted by Crippen LogP contribution is 2.45. The highest BCUT2D eigenvalue weighted by molar-refractivity contribution is 14.1. The fourth-order valence-electron chi connectivity index (χ4n) is 4.32. The summed E-state index contributed by atoms with van der Waals surface area (Å²) in [7, 11) is 3.47. The molecule has 0 heterocycles. The molecule has 0 aliphatic rings. The Hall–Kier alpha value is -3.05. The van der Waals surface area contributed by atoms with E-state index in [0.29, 0.717) is 0 Å². The zero-order valence-electron chi connectivity index (χ0n) is 17.4. The number of benzene rings is 5. The molecule has 0 aromatic heterocycles. The van der Waals surface area contributed by atoms with Gasteiger partial charge in [0.1, 0.15) is 11.5 Å². The number of rotatable bonds is 4. The van der Waals surface area contributed by atoms with E-state index < -0.39 is 0 Å². The molecule has 0 aliphatic carbocycles. The molecule has 0 saturated carbocycles. The van der Waals surface area contributed by atoms with Crippen LogP contribution in [0.3, 0.4) is 0 Å². The first-order chi connectivity index (χ1) is 15.2. The summed E-state index contributed by atoms with van der Waals surface area (Å²) in [6.45, 7) is 0. The lowest BCUT2D eigenvalue weighted by molar-refractivity contribution is 0.417. The average Bonchev–Trinajstić information content (AvgIpc) is 2.83. The predicted molar refractivity (Wildman–Crippen MR) is 138 cm³/mol. The van der Waals surface area contributed by atoms with Gasteiger partial charge in [0.05, 0.1) is 14.2 Å². The number of methoxy groups -OCH3 is 2. The maximum atomic E-state index is 5.80. The van der Waals surface area contributed by atoms with Gasteiger partial charge in [0.15, 0.2) is 0 Å². The molecular formula is C28H21IO2. The van der Waals surface area contributed by atoms with E-state index in [-0.39, 0.29) is 0 Å². The van der Waals surface area contributed by atoms with Crippen molar-refractivity contribution in [3.05, 3.63) is 94.6 Å². The molecule has 31 heavy (non-hydrogen) atoms. The third-order valence-electron chi connectivity index (χ3n) is 5.76. The zero-order valence-corrected chi connectivity index (χ0v) is 19.5. The Morgan fingerprint density at radius 3 is 1.42 bits per heavy atom. The van der Waals surface area contributed by atoms with Crippen molar-refractivity contribution in [1.82, 2.24) is 0 Å². The minimum Gasteiger partial charge on any atom is -0.496 e. The van der Waals surface area contributed by atoms with E-state index in [0.717, 1.165) is 33.8 Å². The molecule has 0 saturated heterocycles. The lowest BCUT2D eigenvalue weighted by atomic mass is 9.92. The van der Waals surface area contributed by atoms with E-state index in [1.54, 1.807) is 14.2 Å². The molecule has 0 fully saturated rings. The van der Waals surface area contributed by atoms with Crippen LogP contribution in [0, 0.1) is 3.57 Å². The van der Waals surface area contributed by atoms with Crippen molar-refractivity contribution in [2.75, 3.05) is 14.2 Å². The molecule has 0 unspecified atom stereocenters. The summed E-state index contributed by atoms with van der Waals surface area (Å²) in [6.07, 6.45) is 0. The molecule has 0 atom stereocenters. The number of ether oxygens (including phenoxy) is 2. The van der Waals surface area contributed by atoms with E-state index in [4.69, 9.17) is 9.47 Å². The smallest absolute Gasteiger partial charge is 0.127 e. The van der Waals surface area contributed by atoms with Gasteiger partial charge in [0.25, 0.3) is 0 Å². The van der Waals surface area contributed by atoms with Gasteiger partial charge in [0, 0.05) is 14.7 Å². The molecule has 0 N–H and O–H groups in total. The third-order valence-corrected chi connectivity index (χ3v) is 6.92. The van der Waals surface area contributed by atoms with Gasteiger partial charge in [-0.1, -0.05) is 78.9 Å². The molecule has 0 radical (unpaired) electrons. The normalized spacial score (nSPS) is 11.1. The molecule has 0 bridgehead atoms. The number of hydrogen-bond acceptors (Lipinski definition) is 2.